The number of benzene rings is 3. The van der Waals surface area contributed by atoms with Gasteiger partial charge in [0.15, 0.2) is 6.29 Å². The number of likely N-dealkylation sites (N-methyl/N-ethyl adjacent to an activating group) is 1. The van der Waals surface area contributed by atoms with E-state index in [2.05, 4.69) is 29.4 Å². The van der Waals surface area contributed by atoms with E-state index in [0.717, 1.165) is 35.3 Å². The zero-order chi connectivity index (χ0) is 27.6. The van der Waals surface area contributed by atoms with E-state index < -0.39 is 12.3 Å². The minimum atomic E-state index is -0.991. The Morgan fingerprint density at radius 1 is 0.872 bits per heavy atom. The fourth-order valence-corrected chi connectivity index (χ4v) is 4.64. The van der Waals surface area contributed by atoms with Crippen molar-refractivity contribution in [2.75, 3.05) is 13.6 Å². The van der Waals surface area contributed by atoms with Gasteiger partial charge in [-0.1, -0.05) is 78.9 Å². The Morgan fingerprint density at radius 3 is 2.21 bits per heavy atom. The molecule has 0 aliphatic carbocycles. The standard InChI is InChI=1S/C31H36N2O6/c1-33(19-23-5-3-2-4-6-23)20-27-17-28(25-11-9-24(21-34)10-12-25)39-31(38-27)26-13-7-22(8-14-26)18-32-29(35)15-16-30(36)37/h2-14,27-28,31,34H,15-21H2,1H3,(H,32,35)(H,36,37)/t27-,28+,31+/m0/s1. The Bertz CT molecular complexity index is 1200. The van der Waals surface area contributed by atoms with Crippen LogP contribution < -0.4 is 5.32 Å². The Kier molecular flexibility index (Phi) is 10.2. The molecule has 3 N–H and O–H groups in total. The van der Waals surface area contributed by atoms with Crippen LogP contribution in [0.3, 0.4) is 0 Å². The van der Waals surface area contributed by atoms with Gasteiger partial charge in [0, 0.05) is 38.0 Å². The van der Waals surface area contributed by atoms with Crippen molar-refractivity contribution in [2.45, 2.75) is 57.5 Å². The number of carbonyl (C=O) groups excluding carboxylic acids is 1. The molecule has 4 rings (SSSR count). The number of amides is 1. The first-order chi connectivity index (χ1) is 18.9. The number of hydrogen-bond donors (Lipinski definition) is 3. The van der Waals surface area contributed by atoms with Crippen molar-refractivity contribution in [1.29, 1.82) is 0 Å². The van der Waals surface area contributed by atoms with E-state index in [1.54, 1.807) is 0 Å². The summed E-state index contributed by atoms with van der Waals surface area (Å²) in [5.74, 6) is -1.29. The predicted octanol–water partition coefficient (Wildman–Crippen LogP) is 4.34. The normalized spacial score (nSPS) is 19.1. The first kappa shape index (κ1) is 28.4. The van der Waals surface area contributed by atoms with E-state index >= 15 is 0 Å². The summed E-state index contributed by atoms with van der Waals surface area (Å²) in [5.41, 5.74) is 4.91. The van der Waals surface area contributed by atoms with Gasteiger partial charge in [-0.2, -0.15) is 0 Å². The van der Waals surface area contributed by atoms with Crippen LogP contribution in [0.25, 0.3) is 0 Å². The van der Waals surface area contributed by atoms with E-state index in [0.29, 0.717) is 13.0 Å². The number of nitrogens with one attached hydrogen (secondary N) is 1. The van der Waals surface area contributed by atoms with Crippen molar-refractivity contribution in [3.05, 3.63) is 107 Å². The van der Waals surface area contributed by atoms with Gasteiger partial charge < -0.3 is 25.0 Å². The lowest BCUT2D eigenvalue weighted by molar-refractivity contribution is -0.252. The van der Waals surface area contributed by atoms with Gasteiger partial charge in [0.1, 0.15) is 0 Å². The van der Waals surface area contributed by atoms with Gasteiger partial charge in [-0.3, -0.25) is 14.5 Å². The van der Waals surface area contributed by atoms with Crippen molar-refractivity contribution in [1.82, 2.24) is 10.2 Å². The van der Waals surface area contributed by atoms with Crippen LogP contribution in [0.4, 0.5) is 0 Å². The first-order valence-electron chi connectivity index (χ1n) is 13.2. The molecular formula is C31H36N2O6. The van der Waals surface area contributed by atoms with Crippen molar-refractivity contribution in [3.8, 4) is 0 Å². The van der Waals surface area contributed by atoms with Crippen molar-refractivity contribution in [2.24, 2.45) is 0 Å². The number of hydrogen-bond acceptors (Lipinski definition) is 6. The van der Waals surface area contributed by atoms with Crippen molar-refractivity contribution < 1.29 is 29.3 Å². The average Bonchev–Trinajstić information content (AvgIpc) is 2.95. The third-order valence-corrected chi connectivity index (χ3v) is 6.73. The highest BCUT2D eigenvalue weighted by Gasteiger charge is 2.32. The highest BCUT2D eigenvalue weighted by Crippen LogP contribution is 2.38. The van der Waals surface area contributed by atoms with Gasteiger partial charge in [-0.15, -0.1) is 0 Å². The zero-order valence-corrected chi connectivity index (χ0v) is 22.2. The van der Waals surface area contributed by atoms with Crippen LogP contribution >= 0.6 is 0 Å². The zero-order valence-electron chi connectivity index (χ0n) is 22.2. The number of aliphatic carboxylic acids is 1. The molecule has 0 bridgehead atoms. The number of aliphatic hydroxyl groups excluding tert-OH is 1. The quantitative estimate of drug-likeness (QED) is 0.319. The number of carboxylic acids is 1. The Balaban J connectivity index is 1.43. The number of rotatable bonds is 12. The van der Waals surface area contributed by atoms with Gasteiger partial charge in [-0.25, -0.2) is 0 Å². The maximum absolute atomic E-state index is 11.9. The molecule has 8 nitrogen and oxygen atoms in total. The van der Waals surface area contributed by atoms with E-state index in [1.807, 2.05) is 66.7 Å². The second kappa shape index (κ2) is 14.0. The lowest BCUT2D eigenvalue weighted by atomic mass is 9.99. The minimum absolute atomic E-state index is 0.00317. The van der Waals surface area contributed by atoms with Crippen molar-refractivity contribution >= 4 is 11.9 Å². The highest BCUT2D eigenvalue weighted by molar-refractivity contribution is 5.80. The van der Waals surface area contributed by atoms with Crippen LogP contribution in [-0.2, 0) is 38.8 Å². The van der Waals surface area contributed by atoms with Crippen molar-refractivity contribution in [3.63, 3.8) is 0 Å². The smallest absolute Gasteiger partial charge is 0.303 e. The maximum Gasteiger partial charge on any atom is 0.303 e. The van der Waals surface area contributed by atoms with E-state index in [-0.39, 0.29) is 37.6 Å². The summed E-state index contributed by atoms with van der Waals surface area (Å²) in [5, 5.41) is 20.9. The van der Waals surface area contributed by atoms with Crippen LogP contribution in [0.5, 0.6) is 0 Å². The monoisotopic (exact) mass is 532 g/mol. The molecule has 3 atom stereocenters. The molecule has 206 valence electrons. The molecule has 1 amide bonds. The summed E-state index contributed by atoms with van der Waals surface area (Å²) >= 11 is 0. The summed E-state index contributed by atoms with van der Waals surface area (Å²) in [6.45, 7) is 1.87. The number of carboxylic acid groups (broad SMARTS) is 1. The molecule has 0 aromatic heterocycles. The fraction of sp³-hybridized carbons (Fsp3) is 0.355. The van der Waals surface area contributed by atoms with Gasteiger partial charge >= 0.3 is 5.97 Å². The SMILES string of the molecule is CN(Cc1ccccc1)C[C@@H]1C[C@H](c2ccc(CO)cc2)O[C@H](c2ccc(CNC(=O)CCC(=O)O)cc2)O1. The minimum Gasteiger partial charge on any atom is -0.481 e. The lowest BCUT2D eigenvalue weighted by Crippen LogP contribution is -2.37. The molecule has 0 spiro atoms. The van der Waals surface area contributed by atoms with Crippen LogP contribution in [-0.4, -0.2) is 46.7 Å². The first-order valence-corrected chi connectivity index (χ1v) is 13.2. The van der Waals surface area contributed by atoms with Gasteiger partial charge in [0.2, 0.25) is 5.91 Å². The Hall–Kier alpha value is -3.56. The molecule has 3 aromatic rings. The number of nitrogens with zero attached hydrogens (tertiary/aromatic N) is 1. The van der Waals surface area contributed by atoms with Gasteiger partial charge in [0.25, 0.3) is 0 Å². The largest absolute Gasteiger partial charge is 0.481 e. The van der Waals surface area contributed by atoms with Gasteiger partial charge in [-0.05, 0) is 29.3 Å². The van der Waals surface area contributed by atoms with Gasteiger partial charge in [0.05, 0.1) is 25.2 Å². The number of ether oxygens (including phenoxy) is 2. The molecule has 0 saturated carbocycles. The topological polar surface area (TPSA) is 108 Å². The molecule has 1 heterocycles. The van der Waals surface area contributed by atoms with E-state index in [9.17, 15) is 14.7 Å². The number of aliphatic hydroxyl groups is 1. The summed E-state index contributed by atoms with van der Waals surface area (Å²) in [6.07, 6.45) is -0.317. The molecule has 1 aliphatic heterocycles. The van der Waals surface area contributed by atoms with E-state index in [1.165, 1.54) is 5.56 Å². The molecule has 1 fully saturated rings. The lowest BCUT2D eigenvalue weighted by Gasteiger charge is -2.38. The summed E-state index contributed by atoms with van der Waals surface area (Å²) in [4.78, 5) is 24.8. The molecule has 0 radical (unpaired) electrons. The molecule has 3 aromatic carbocycles. The highest BCUT2D eigenvalue weighted by atomic mass is 16.7. The fourth-order valence-electron chi connectivity index (χ4n) is 4.64. The van der Waals surface area contributed by atoms with Crippen LogP contribution in [0.2, 0.25) is 0 Å². The third kappa shape index (κ3) is 8.73. The summed E-state index contributed by atoms with van der Waals surface area (Å²) < 4.78 is 12.9. The molecule has 1 saturated heterocycles. The second-order valence-electron chi connectivity index (χ2n) is 9.94. The van der Waals surface area contributed by atoms with Crippen LogP contribution in [0, 0.1) is 0 Å². The summed E-state index contributed by atoms with van der Waals surface area (Å²) in [7, 11) is 2.09. The number of carbonyl (C=O) groups is 2. The van der Waals surface area contributed by atoms with Crippen LogP contribution in [0.15, 0.2) is 78.9 Å². The van der Waals surface area contributed by atoms with E-state index in [4.69, 9.17) is 14.6 Å². The molecule has 1 aliphatic rings. The maximum atomic E-state index is 11.9. The third-order valence-electron chi connectivity index (χ3n) is 6.73. The second-order valence-corrected chi connectivity index (χ2v) is 9.94. The predicted molar refractivity (Wildman–Crippen MR) is 146 cm³/mol. The van der Waals surface area contributed by atoms with Crippen LogP contribution in [0.1, 0.15) is 59.5 Å². The Labute approximate surface area is 229 Å². The molecule has 0 unspecified atom stereocenters. The molecule has 8 heteroatoms. The average molecular weight is 533 g/mol. The molecule has 39 heavy (non-hydrogen) atoms. The molecular weight excluding hydrogens is 496 g/mol. The summed E-state index contributed by atoms with van der Waals surface area (Å²) in [6, 6.07) is 25.9. The Morgan fingerprint density at radius 2 is 1.54 bits per heavy atom.